The molecule has 4 heteroatoms. The normalized spacial score (nSPS) is 12.0. The number of benzene rings is 2. The van der Waals surface area contributed by atoms with E-state index in [4.69, 9.17) is 4.74 Å². The first kappa shape index (κ1) is 16.0. The first-order valence-corrected chi connectivity index (χ1v) is 7.04. The van der Waals surface area contributed by atoms with Crippen molar-refractivity contribution < 1.29 is 19.0 Å². The summed E-state index contributed by atoms with van der Waals surface area (Å²) in [5.41, 5.74) is 3.21. The van der Waals surface area contributed by atoms with Crippen LogP contribution in [0.3, 0.4) is 0 Å². The zero-order valence-electron chi connectivity index (χ0n) is 12.9. The Morgan fingerprint density at radius 2 is 1.95 bits per heavy atom. The predicted octanol–water partition coefficient (Wildman–Crippen LogP) is 3.86. The molecule has 1 atom stereocenters. The Morgan fingerprint density at radius 1 is 1.23 bits per heavy atom. The zero-order valence-corrected chi connectivity index (χ0v) is 12.9. The smallest absolute Gasteiger partial charge is 0.311 e. The summed E-state index contributed by atoms with van der Waals surface area (Å²) in [5, 5.41) is 9.60. The fraction of sp³-hybridized carbons (Fsp3) is 0.278. The third kappa shape index (κ3) is 3.45. The Morgan fingerprint density at radius 3 is 2.59 bits per heavy atom. The van der Waals surface area contributed by atoms with E-state index < -0.39 is 17.7 Å². The van der Waals surface area contributed by atoms with Gasteiger partial charge in [-0.2, -0.15) is 0 Å². The predicted molar refractivity (Wildman–Crippen MR) is 82.9 cm³/mol. The van der Waals surface area contributed by atoms with Gasteiger partial charge in [-0.15, -0.1) is 0 Å². The molecule has 3 nitrogen and oxygen atoms in total. The van der Waals surface area contributed by atoms with Crippen molar-refractivity contribution in [3.05, 3.63) is 64.5 Å². The van der Waals surface area contributed by atoms with Gasteiger partial charge >= 0.3 is 5.97 Å². The summed E-state index contributed by atoms with van der Waals surface area (Å²) in [5.74, 6) is -1.57. The van der Waals surface area contributed by atoms with Crippen molar-refractivity contribution in [1.29, 1.82) is 0 Å². The molecule has 0 bridgehead atoms. The van der Waals surface area contributed by atoms with Gasteiger partial charge in [-0.25, -0.2) is 4.39 Å². The third-order valence-electron chi connectivity index (χ3n) is 3.77. The standard InChI is InChI=1S/C18H19FO3/c1-11-4-5-12(2)15(8-11)16(18(20)21)10-13-9-14(19)6-7-17(13)22-3/h4-9,16H,10H2,1-3H3,(H,20,21). The SMILES string of the molecule is COc1ccc(F)cc1CC(C(=O)O)c1cc(C)ccc1C. The van der Waals surface area contributed by atoms with Crippen molar-refractivity contribution in [1.82, 2.24) is 0 Å². The van der Waals surface area contributed by atoms with Crippen LogP contribution < -0.4 is 4.74 Å². The van der Waals surface area contributed by atoms with Crippen molar-refractivity contribution in [2.24, 2.45) is 0 Å². The summed E-state index contributed by atoms with van der Waals surface area (Å²) in [4.78, 5) is 11.7. The molecule has 0 saturated carbocycles. The Kier molecular flexibility index (Phi) is 4.81. The minimum absolute atomic E-state index is 0.181. The molecular formula is C18H19FO3. The van der Waals surface area contributed by atoms with Gasteiger partial charge in [0.05, 0.1) is 13.0 Å². The number of aryl methyl sites for hydroxylation is 2. The van der Waals surface area contributed by atoms with Crippen LogP contribution >= 0.6 is 0 Å². The van der Waals surface area contributed by atoms with Gasteiger partial charge in [0.1, 0.15) is 11.6 Å². The average molecular weight is 302 g/mol. The lowest BCUT2D eigenvalue weighted by Gasteiger charge is -2.18. The number of hydrogen-bond acceptors (Lipinski definition) is 2. The topological polar surface area (TPSA) is 46.5 Å². The van der Waals surface area contributed by atoms with Crippen molar-refractivity contribution in [3.8, 4) is 5.75 Å². The molecule has 2 rings (SSSR count). The fourth-order valence-corrected chi connectivity index (χ4v) is 2.59. The monoisotopic (exact) mass is 302 g/mol. The van der Waals surface area contributed by atoms with E-state index in [9.17, 15) is 14.3 Å². The van der Waals surface area contributed by atoms with E-state index in [1.54, 1.807) is 0 Å². The second-order valence-corrected chi connectivity index (χ2v) is 5.41. The minimum Gasteiger partial charge on any atom is -0.496 e. The Labute approximate surface area is 129 Å². The van der Waals surface area contributed by atoms with Crippen LogP contribution in [0.2, 0.25) is 0 Å². The van der Waals surface area contributed by atoms with Crippen LogP contribution in [0.4, 0.5) is 4.39 Å². The molecule has 2 aromatic carbocycles. The van der Waals surface area contributed by atoms with Crippen molar-refractivity contribution in [2.75, 3.05) is 7.11 Å². The van der Waals surface area contributed by atoms with Gasteiger partial charge < -0.3 is 9.84 Å². The molecule has 1 N–H and O–H groups in total. The largest absolute Gasteiger partial charge is 0.496 e. The lowest BCUT2D eigenvalue weighted by atomic mass is 9.88. The summed E-state index contributed by atoms with van der Waals surface area (Å²) in [7, 11) is 1.49. The maximum Gasteiger partial charge on any atom is 0.311 e. The van der Waals surface area contributed by atoms with Crippen LogP contribution in [0, 0.1) is 19.7 Å². The number of hydrogen-bond donors (Lipinski definition) is 1. The highest BCUT2D eigenvalue weighted by atomic mass is 19.1. The van der Waals surface area contributed by atoms with Gasteiger partial charge in [-0.05, 0) is 55.2 Å². The summed E-state index contributed by atoms with van der Waals surface area (Å²) in [6, 6.07) is 9.88. The van der Waals surface area contributed by atoms with E-state index in [2.05, 4.69) is 0 Å². The van der Waals surface area contributed by atoms with Crippen molar-refractivity contribution in [3.63, 3.8) is 0 Å². The number of methoxy groups -OCH3 is 1. The van der Waals surface area contributed by atoms with Crippen LogP contribution in [0.5, 0.6) is 5.75 Å². The molecule has 1 unspecified atom stereocenters. The summed E-state index contributed by atoms with van der Waals surface area (Å²) < 4.78 is 18.7. The highest BCUT2D eigenvalue weighted by Gasteiger charge is 2.24. The first-order valence-electron chi connectivity index (χ1n) is 7.04. The number of halogens is 1. The van der Waals surface area contributed by atoms with Gasteiger partial charge in [0.15, 0.2) is 0 Å². The van der Waals surface area contributed by atoms with Crippen molar-refractivity contribution in [2.45, 2.75) is 26.2 Å². The first-order chi connectivity index (χ1) is 10.4. The molecule has 0 heterocycles. The average Bonchev–Trinajstić information content (AvgIpc) is 2.47. The van der Waals surface area contributed by atoms with E-state index >= 15 is 0 Å². The number of aliphatic carboxylic acids is 1. The quantitative estimate of drug-likeness (QED) is 0.912. The Balaban J connectivity index is 2.44. The highest BCUT2D eigenvalue weighted by Crippen LogP contribution is 2.29. The molecular weight excluding hydrogens is 283 g/mol. The molecule has 0 aromatic heterocycles. The van der Waals surface area contributed by atoms with E-state index in [1.807, 2.05) is 32.0 Å². The molecule has 0 saturated heterocycles. The maximum absolute atomic E-state index is 13.5. The van der Waals surface area contributed by atoms with Crippen LogP contribution in [-0.4, -0.2) is 18.2 Å². The zero-order chi connectivity index (χ0) is 16.3. The second-order valence-electron chi connectivity index (χ2n) is 5.41. The Hall–Kier alpha value is -2.36. The summed E-state index contributed by atoms with van der Waals surface area (Å²) >= 11 is 0. The van der Waals surface area contributed by atoms with Gasteiger partial charge in [0.2, 0.25) is 0 Å². The number of ether oxygens (including phenoxy) is 1. The lowest BCUT2D eigenvalue weighted by molar-refractivity contribution is -0.138. The molecule has 0 radical (unpaired) electrons. The second kappa shape index (κ2) is 6.60. The van der Waals surface area contributed by atoms with Gasteiger partial charge in [0, 0.05) is 0 Å². The molecule has 0 aliphatic rings. The molecule has 116 valence electrons. The molecule has 0 amide bonds. The van der Waals surface area contributed by atoms with E-state index in [-0.39, 0.29) is 6.42 Å². The Bertz CT molecular complexity index is 695. The van der Waals surface area contributed by atoms with Gasteiger partial charge in [0.25, 0.3) is 0 Å². The molecule has 2 aromatic rings. The molecule has 0 spiro atoms. The van der Waals surface area contributed by atoms with Gasteiger partial charge in [-0.1, -0.05) is 23.8 Å². The number of carbonyl (C=O) groups is 1. The maximum atomic E-state index is 13.5. The van der Waals surface area contributed by atoms with Crippen LogP contribution in [0.25, 0.3) is 0 Å². The molecule has 0 aliphatic carbocycles. The van der Waals surface area contributed by atoms with E-state index in [0.717, 1.165) is 16.7 Å². The molecule has 0 aliphatic heterocycles. The molecule has 22 heavy (non-hydrogen) atoms. The van der Waals surface area contributed by atoms with Gasteiger partial charge in [-0.3, -0.25) is 4.79 Å². The number of rotatable bonds is 5. The van der Waals surface area contributed by atoms with Crippen LogP contribution in [0.15, 0.2) is 36.4 Å². The third-order valence-corrected chi connectivity index (χ3v) is 3.77. The number of carboxylic acid groups (broad SMARTS) is 1. The highest BCUT2D eigenvalue weighted by molar-refractivity contribution is 5.77. The molecule has 0 fully saturated rings. The van der Waals surface area contributed by atoms with Crippen LogP contribution in [-0.2, 0) is 11.2 Å². The van der Waals surface area contributed by atoms with E-state index in [0.29, 0.717) is 11.3 Å². The summed E-state index contributed by atoms with van der Waals surface area (Å²) in [6.45, 7) is 3.80. The fourth-order valence-electron chi connectivity index (χ4n) is 2.59. The van der Waals surface area contributed by atoms with Crippen molar-refractivity contribution >= 4 is 5.97 Å². The van der Waals surface area contributed by atoms with Crippen LogP contribution in [0.1, 0.15) is 28.2 Å². The minimum atomic E-state index is -0.931. The van der Waals surface area contributed by atoms with E-state index in [1.165, 1.54) is 25.3 Å². The number of carboxylic acids is 1. The lowest BCUT2D eigenvalue weighted by Crippen LogP contribution is -2.16. The summed E-state index contributed by atoms with van der Waals surface area (Å²) in [6.07, 6.45) is 0.181.